The number of hydrogen-bond donors (Lipinski definition) is 1. The van der Waals surface area contributed by atoms with Crippen LogP contribution in [0.2, 0.25) is 0 Å². The van der Waals surface area contributed by atoms with Crippen LogP contribution < -0.4 is 10.2 Å². The molecule has 0 bridgehead atoms. The van der Waals surface area contributed by atoms with Gasteiger partial charge in [0.15, 0.2) is 0 Å². The van der Waals surface area contributed by atoms with Gasteiger partial charge in [-0.2, -0.15) is 0 Å². The molecule has 0 unspecified atom stereocenters. The molecule has 106 valence electrons. The molecule has 20 heavy (non-hydrogen) atoms. The first-order valence-corrected chi connectivity index (χ1v) is 7.24. The van der Waals surface area contributed by atoms with Crippen LogP contribution in [0, 0.1) is 0 Å². The molecule has 2 heteroatoms. The standard InChI is InChI=1S/C18H24N2/c1-4-16-7-5-6-8-17(16)14-19-13-15-9-11-18(12-10-15)20(2)3/h5-12,19H,4,13-14H2,1-3H3. The van der Waals surface area contributed by atoms with Crippen LogP contribution in [0.4, 0.5) is 5.69 Å². The molecule has 0 amide bonds. The molecule has 0 atom stereocenters. The van der Waals surface area contributed by atoms with Crippen LogP contribution in [-0.4, -0.2) is 14.1 Å². The van der Waals surface area contributed by atoms with E-state index in [1.807, 2.05) is 0 Å². The Morgan fingerprint density at radius 3 is 2.10 bits per heavy atom. The largest absolute Gasteiger partial charge is 0.378 e. The van der Waals surface area contributed by atoms with Crippen molar-refractivity contribution in [3.05, 3.63) is 65.2 Å². The van der Waals surface area contributed by atoms with Crippen molar-refractivity contribution in [1.82, 2.24) is 5.32 Å². The van der Waals surface area contributed by atoms with Gasteiger partial charge in [-0.15, -0.1) is 0 Å². The summed E-state index contributed by atoms with van der Waals surface area (Å²) in [5.74, 6) is 0. The molecule has 0 saturated heterocycles. The molecule has 2 nitrogen and oxygen atoms in total. The summed E-state index contributed by atoms with van der Waals surface area (Å²) < 4.78 is 0. The van der Waals surface area contributed by atoms with Crippen LogP contribution in [-0.2, 0) is 19.5 Å². The molecule has 2 aromatic rings. The number of anilines is 1. The second-order valence-corrected chi connectivity index (χ2v) is 5.29. The Balaban J connectivity index is 1.89. The monoisotopic (exact) mass is 268 g/mol. The summed E-state index contributed by atoms with van der Waals surface area (Å²) in [6, 6.07) is 17.4. The number of hydrogen-bond acceptors (Lipinski definition) is 2. The maximum Gasteiger partial charge on any atom is 0.0361 e. The van der Waals surface area contributed by atoms with Crippen molar-refractivity contribution in [2.75, 3.05) is 19.0 Å². The van der Waals surface area contributed by atoms with Gasteiger partial charge in [0.25, 0.3) is 0 Å². The zero-order valence-electron chi connectivity index (χ0n) is 12.7. The van der Waals surface area contributed by atoms with Gasteiger partial charge >= 0.3 is 0 Å². The van der Waals surface area contributed by atoms with Crippen molar-refractivity contribution in [2.24, 2.45) is 0 Å². The van der Waals surface area contributed by atoms with Gasteiger partial charge in [0.05, 0.1) is 0 Å². The first kappa shape index (κ1) is 14.6. The van der Waals surface area contributed by atoms with Crippen LogP contribution >= 0.6 is 0 Å². The summed E-state index contributed by atoms with van der Waals surface area (Å²) >= 11 is 0. The summed E-state index contributed by atoms with van der Waals surface area (Å²) in [6.07, 6.45) is 1.09. The Labute approximate surface area is 122 Å². The molecule has 0 aliphatic heterocycles. The molecule has 0 spiro atoms. The molecular formula is C18H24N2. The first-order valence-electron chi connectivity index (χ1n) is 7.24. The van der Waals surface area contributed by atoms with Crippen LogP contribution in [0.3, 0.4) is 0 Å². The van der Waals surface area contributed by atoms with Gasteiger partial charge in [0, 0.05) is 32.9 Å². The Morgan fingerprint density at radius 1 is 0.850 bits per heavy atom. The Morgan fingerprint density at radius 2 is 1.50 bits per heavy atom. The van der Waals surface area contributed by atoms with Gasteiger partial charge in [-0.05, 0) is 35.2 Å². The third-order valence-corrected chi connectivity index (χ3v) is 3.60. The van der Waals surface area contributed by atoms with Gasteiger partial charge in [0.2, 0.25) is 0 Å². The van der Waals surface area contributed by atoms with E-state index in [1.165, 1.54) is 22.4 Å². The molecule has 0 aliphatic rings. The lowest BCUT2D eigenvalue weighted by Gasteiger charge is -2.13. The highest BCUT2D eigenvalue weighted by Crippen LogP contribution is 2.13. The van der Waals surface area contributed by atoms with Crippen LogP contribution in [0.1, 0.15) is 23.6 Å². The van der Waals surface area contributed by atoms with Crippen molar-refractivity contribution in [3.63, 3.8) is 0 Å². The number of nitrogens with one attached hydrogen (secondary N) is 1. The number of nitrogens with zero attached hydrogens (tertiary/aromatic N) is 1. The molecule has 0 radical (unpaired) electrons. The maximum absolute atomic E-state index is 3.53. The highest BCUT2D eigenvalue weighted by Gasteiger charge is 2.00. The molecular weight excluding hydrogens is 244 g/mol. The van der Waals surface area contributed by atoms with E-state index >= 15 is 0 Å². The summed E-state index contributed by atoms with van der Waals surface area (Å²) in [5, 5.41) is 3.53. The molecule has 0 saturated carbocycles. The van der Waals surface area contributed by atoms with E-state index < -0.39 is 0 Å². The molecule has 2 aromatic carbocycles. The predicted octanol–water partition coefficient (Wildman–Crippen LogP) is 3.60. The van der Waals surface area contributed by atoms with E-state index in [0.717, 1.165) is 19.5 Å². The third kappa shape index (κ3) is 3.84. The van der Waals surface area contributed by atoms with Crippen LogP contribution in [0.25, 0.3) is 0 Å². The van der Waals surface area contributed by atoms with Crippen molar-refractivity contribution >= 4 is 5.69 Å². The Hall–Kier alpha value is -1.80. The highest BCUT2D eigenvalue weighted by molar-refractivity contribution is 5.45. The Kier molecular flexibility index (Phi) is 5.19. The fraction of sp³-hybridized carbons (Fsp3) is 0.333. The van der Waals surface area contributed by atoms with E-state index in [0.29, 0.717) is 0 Å². The molecule has 0 fully saturated rings. The average Bonchev–Trinajstić information content (AvgIpc) is 2.48. The van der Waals surface area contributed by atoms with E-state index in [1.54, 1.807) is 0 Å². The lowest BCUT2D eigenvalue weighted by molar-refractivity contribution is 0.688. The summed E-state index contributed by atoms with van der Waals surface area (Å²) in [6.45, 7) is 4.05. The van der Waals surface area contributed by atoms with Gasteiger partial charge in [0.1, 0.15) is 0 Å². The smallest absolute Gasteiger partial charge is 0.0361 e. The number of aryl methyl sites for hydroxylation is 1. The third-order valence-electron chi connectivity index (χ3n) is 3.60. The zero-order chi connectivity index (χ0) is 14.4. The Bertz CT molecular complexity index is 529. The SMILES string of the molecule is CCc1ccccc1CNCc1ccc(N(C)C)cc1. The lowest BCUT2D eigenvalue weighted by Crippen LogP contribution is -2.14. The molecule has 1 N–H and O–H groups in total. The molecule has 2 rings (SSSR count). The van der Waals surface area contributed by atoms with Crippen molar-refractivity contribution in [2.45, 2.75) is 26.4 Å². The first-order chi connectivity index (χ1) is 9.70. The van der Waals surface area contributed by atoms with Gasteiger partial charge in [-0.1, -0.05) is 43.3 Å². The second kappa shape index (κ2) is 7.11. The maximum atomic E-state index is 3.53. The van der Waals surface area contributed by atoms with Crippen molar-refractivity contribution < 1.29 is 0 Å². The fourth-order valence-electron chi connectivity index (χ4n) is 2.33. The number of benzene rings is 2. The van der Waals surface area contributed by atoms with Crippen molar-refractivity contribution in [1.29, 1.82) is 0 Å². The van der Waals surface area contributed by atoms with Gasteiger partial charge in [-0.3, -0.25) is 0 Å². The average molecular weight is 268 g/mol. The molecule has 0 aliphatic carbocycles. The lowest BCUT2D eigenvalue weighted by atomic mass is 10.1. The van der Waals surface area contributed by atoms with Crippen LogP contribution in [0.15, 0.2) is 48.5 Å². The molecule has 0 heterocycles. The van der Waals surface area contributed by atoms with E-state index in [9.17, 15) is 0 Å². The minimum absolute atomic E-state index is 0.908. The predicted molar refractivity (Wildman–Crippen MR) is 87.1 cm³/mol. The van der Waals surface area contributed by atoms with E-state index in [4.69, 9.17) is 0 Å². The minimum Gasteiger partial charge on any atom is -0.378 e. The topological polar surface area (TPSA) is 15.3 Å². The molecule has 0 aromatic heterocycles. The second-order valence-electron chi connectivity index (χ2n) is 5.29. The summed E-state index contributed by atoms with van der Waals surface area (Å²) in [5.41, 5.74) is 5.40. The zero-order valence-corrected chi connectivity index (χ0v) is 12.7. The quantitative estimate of drug-likeness (QED) is 0.861. The normalized spacial score (nSPS) is 10.6. The van der Waals surface area contributed by atoms with Gasteiger partial charge < -0.3 is 10.2 Å². The summed E-state index contributed by atoms with van der Waals surface area (Å²) in [7, 11) is 4.13. The van der Waals surface area contributed by atoms with Crippen molar-refractivity contribution in [3.8, 4) is 0 Å². The minimum atomic E-state index is 0.908. The number of rotatable bonds is 6. The summed E-state index contributed by atoms with van der Waals surface area (Å²) in [4.78, 5) is 2.12. The van der Waals surface area contributed by atoms with E-state index in [-0.39, 0.29) is 0 Å². The highest BCUT2D eigenvalue weighted by atomic mass is 15.1. The van der Waals surface area contributed by atoms with Gasteiger partial charge in [-0.25, -0.2) is 0 Å². The van der Waals surface area contributed by atoms with Crippen LogP contribution in [0.5, 0.6) is 0 Å². The fourth-order valence-corrected chi connectivity index (χ4v) is 2.33. The van der Waals surface area contributed by atoms with E-state index in [2.05, 4.69) is 79.8 Å².